The molecule has 4 heterocycles. The zero-order valence-corrected chi connectivity index (χ0v) is 18.5. The topological polar surface area (TPSA) is 70.7 Å². The monoisotopic (exact) mass is 466 g/mol. The first kappa shape index (κ1) is 21.9. The molecule has 0 bridgehead atoms. The Kier molecular flexibility index (Phi) is 5.64. The van der Waals surface area contributed by atoms with Gasteiger partial charge in [0.1, 0.15) is 12.2 Å². The summed E-state index contributed by atoms with van der Waals surface area (Å²) < 4.78 is 50.0. The van der Waals surface area contributed by atoms with E-state index >= 15 is 0 Å². The van der Waals surface area contributed by atoms with E-state index in [1.807, 2.05) is 25.3 Å². The number of imidazole rings is 1. The van der Waals surface area contributed by atoms with Gasteiger partial charge in [-0.05, 0) is 61.2 Å². The zero-order chi connectivity index (χ0) is 23.8. The summed E-state index contributed by atoms with van der Waals surface area (Å²) in [7, 11) is 1.57. The predicted molar refractivity (Wildman–Crippen MR) is 119 cm³/mol. The highest BCUT2D eigenvalue weighted by Gasteiger charge is 2.27. The van der Waals surface area contributed by atoms with Crippen LogP contribution in [0.2, 0.25) is 0 Å². The van der Waals surface area contributed by atoms with Gasteiger partial charge < -0.3 is 4.74 Å². The van der Waals surface area contributed by atoms with Crippen molar-refractivity contribution in [1.29, 1.82) is 0 Å². The molecule has 174 valence electrons. The van der Waals surface area contributed by atoms with Crippen molar-refractivity contribution in [1.82, 2.24) is 29.3 Å². The summed E-state index contributed by atoms with van der Waals surface area (Å²) >= 11 is 0. The molecule has 3 aromatic heterocycles. The van der Waals surface area contributed by atoms with E-state index in [-0.39, 0.29) is 5.92 Å². The number of nitrogens with zero attached hydrogens (tertiary/aromatic N) is 6. The molecular formula is C24H21F3N6O. The van der Waals surface area contributed by atoms with E-state index < -0.39 is 17.5 Å². The molecule has 1 aliphatic rings. The second-order valence-electron chi connectivity index (χ2n) is 8.09. The highest BCUT2D eigenvalue weighted by atomic mass is 19.2. The van der Waals surface area contributed by atoms with Gasteiger partial charge in [0, 0.05) is 24.9 Å². The Morgan fingerprint density at radius 1 is 1.09 bits per heavy atom. The average molecular weight is 466 g/mol. The minimum atomic E-state index is -1.47. The smallest absolute Gasteiger partial charge is 0.194 e. The number of halogens is 3. The fourth-order valence-electron chi connectivity index (χ4n) is 4.13. The van der Waals surface area contributed by atoms with E-state index in [4.69, 9.17) is 4.74 Å². The standard InChI is InChI=1S/C24H21F3N6O/c1-14-12-32(13-29-14)24-20(34-2)8-15(11-28-24)5-6-21-30-23-17(4-3-7-33(23)31-21)16-9-18(25)22(27)19(26)10-16/h5-6,8-13,17H,3-4,7H2,1-2H3. The Labute approximate surface area is 193 Å². The lowest BCUT2D eigenvalue weighted by molar-refractivity contribution is 0.410. The van der Waals surface area contributed by atoms with Crippen LogP contribution in [0.25, 0.3) is 18.0 Å². The van der Waals surface area contributed by atoms with Crippen molar-refractivity contribution >= 4 is 12.2 Å². The van der Waals surface area contributed by atoms with Crippen LogP contribution in [0.15, 0.2) is 36.9 Å². The van der Waals surface area contributed by atoms with Gasteiger partial charge >= 0.3 is 0 Å². The molecule has 0 aliphatic carbocycles. The van der Waals surface area contributed by atoms with Crippen LogP contribution in [-0.2, 0) is 6.54 Å². The van der Waals surface area contributed by atoms with Crippen LogP contribution in [0.4, 0.5) is 13.2 Å². The first-order chi connectivity index (χ1) is 16.4. The Morgan fingerprint density at radius 3 is 2.59 bits per heavy atom. The fraction of sp³-hybridized carbons (Fsp3) is 0.250. The molecule has 0 saturated heterocycles. The maximum atomic E-state index is 13.8. The highest BCUT2D eigenvalue weighted by Crippen LogP contribution is 2.33. The fourth-order valence-corrected chi connectivity index (χ4v) is 4.13. The molecule has 10 heteroatoms. The number of fused-ring (bicyclic) bond motifs is 1. The second-order valence-corrected chi connectivity index (χ2v) is 8.09. The lowest BCUT2D eigenvalue weighted by Crippen LogP contribution is -2.18. The molecule has 0 radical (unpaired) electrons. The molecule has 0 fully saturated rings. The normalized spacial score (nSPS) is 15.6. The molecule has 1 aromatic carbocycles. The third-order valence-corrected chi connectivity index (χ3v) is 5.75. The molecule has 5 rings (SSSR count). The summed E-state index contributed by atoms with van der Waals surface area (Å²) in [6, 6.07) is 3.91. The summed E-state index contributed by atoms with van der Waals surface area (Å²) in [5.74, 6) is -1.99. The Bertz CT molecular complexity index is 1370. The van der Waals surface area contributed by atoms with Crippen LogP contribution in [0.5, 0.6) is 5.75 Å². The first-order valence-electron chi connectivity index (χ1n) is 10.7. The SMILES string of the molecule is COc1cc(C=Cc2nc3n(n2)CCCC3c2cc(F)c(F)c(F)c2)cnc1-n1cnc(C)c1. The Hall–Kier alpha value is -3.95. The number of pyridine rings is 1. The Morgan fingerprint density at radius 2 is 1.88 bits per heavy atom. The Balaban J connectivity index is 1.42. The number of rotatable bonds is 5. The van der Waals surface area contributed by atoms with Gasteiger partial charge in [-0.15, -0.1) is 0 Å². The molecule has 0 saturated carbocycles. The van der Waals surface area contributed by atoms with E-state index in [0.29, 0.717) is 41.7 Å². The van der Waals surface area contributed by atoms with E-state index in [0.717, 1.165) is 29.8 Å². The van der Waals surface area contributed by atoms with Gasteiger partial charge in [-0.1, -0.05) is 0 Å². The van der Waals surface area contributed by atoms with E-state index in [1.165, 1.54) is 0 Å². The van der Waals surface area contributed by atoms with Crippen molar-refractivity contribution in [2.24, 2.45) is 0 Å². The molecule has 7 nitrogen and oxygen atoms in total. The zero-order valence-electron chi connectivity index (χ0n) is 18.5. The summed E-state index contributed by atoms with van der Waals surface area (Å²) in [5, 5.41) is 4.51. The number of benzene rings is 1. The van der Waals surface area contributed by atoms with Crippen LogP contribution < -0.4 is 4.74 Å². The molecule has 0 amide bonds. The summed E-state index contributed by atoms with van der Waals surface area (Å²) in [6.07, 6.45) is 10.2. The van der Waals surface area contributed by atoms with Gasteiger partial charge in [-0.2, -0.15) is 5.10 Å². The number of hydrogen-bond donors (Lipinski definition) is 0. The number of aromatic nitrogens is 6. The van der Waals surface area contributed by atoms with Crippen molar-refractivity contribution in [3.63, 3.8) is 0 Å². The van der Waals surface area contributed by atoms with Crippen molar-refractivity contribution in [3.8, 4) is 11.6 Å². The summed E-state index contributed by atoms with van der Waals surface area (Å²) in [6.45, 7) is 2.54. The number of hydrogen-bond acceptors (Lipinski definition) is 5. The molecule has 1 aliphatic heterocycles. The predicted octanol–water partition coefficient (Wildman–Crippen LogP) is 4.69. The first-order valence-corrected chi connectivity index (χ1v) is 10.7. The lowest BCUT2D eigenvalue weighted by atomic mass is 9.91. The quantitative estimate of drug-likeness (QED) is 0.399. The van der Waals surface area contributed by atoms with E-state index in [1.54, 1.807) is 35.0 Å². The molecule has 1 atom stereocenters. The molecule has 1 unspecified atom stereocenters. The van der Waals surface area contributed by atoms with Crippen LogP contribution in [-0.4, -0.2) is 36.4 Å². The lowest BCUT2D eigenvalue weighted by Gasteiger charge is -2.22. The van der Waals surface area contributed by atoms with Gasteiger partial charge in [-0.25, -0.2) is 32.8 Å². The number of methoxy groups -OCH3 is 1. The molecule has 4 aromatic rings. The van der Waals surface area contributed by atoms with Crippen LogP contribution in [0.3, 0.4) is 0 Å². The van der Waals surface area contributed by atoms with Crippen LogP contribution in [0.1, 0.15) is 47.2 Å². The minimum Gasteiger partial charge on any atom is -0.493 e. The summed E-state index contributed by atoms with van der Waals surface area (Å²) in [4.78, 5) is 13.3. The third kappa shape index (κ3) is 4.07. The third-order valence-electron chi connectivity index (χ3n) is 5.75. The van der Waals surface area contributed by atoms with Gasteiger partial charge in [-0.3, -0.25) is 4.57 Å². The molecular weight excluding hydrogens is 445 g/mol. The van der Waals surface area contributed by atoms with Crippen molar-refractivity contribution in [2.45, 2.75) is 32.2 Å². The molecule has 0 N–H and O–H groups in total. The second kappa shape index (κ2) is 8.77. The minimum absolute atomic E-state index is 0.347. The van der Waals surface area contributed by atoms with Crippen LogP contribution in [0, 0.1) is 24.4 Å². The van der Waals surface area contributed by atoms with Crippen molar-refractivity contribution < 1.29 is 17.9 Å². The number of ether oxygens (including phenoxy) is 1. The van der Waals surface area contributed by atoms with Gasteiger partial charge in [0.2, 0.25) is 0 Å². The summed E-state index contributed by atoms with van der Waals surface area (Å²) in [5.41, 5.74) is 2.00. The van der Waals surface area contributed by atoms with Gasteiger partial charge in [0.15, 0.2) is 34.8 Å². The number of aryl methyl sites for hydroxylation is 2. The molecule has 0 spiro atoms. The van der Waals surface area contributed by atoms with Gasteiger partial charge in [0.05, 0.1) is 12.8 Å². The van der Waals surface area contributed by atoms with Crippen LogP contribution >= 0.6 is 0 Å². The highest BCUT2D eigenvalue weighted by molar-refractivity contribution is 5.67. The largest absolute Gasteiger partial charge is 0.493 e. The van der Waals surface area contributed by atoms with Crippen molar-refractivity contribution in [3.05, 3.63) is 82.8 Å². The van der Waals surface area contributed by atoms with Gasteiger partial charge in [0.25, 0.3) is 0 Å². The maximum absolute atomic E-state index is 13.8. The molecule has 34 heavy (non-hydrogen) atoms. The average Bonchev–Trinajstić information content (AvgIpc) is 3.46. The van der Waals surface area contributed by atoms with E-state index in [2.05, 4.69) is 20.1 Å². The van der Waals surface area contributed by atoms with Crippen molar-refractivity contribution in [2.75, 3.05) is 7.11 Å². The maximum Gasteiger partial charge on any atom is 0.194 e. The van der Waals surface area contributed by atoms with E-state index in [9.17, 15) is 13.2 Å².